The van der Waals surface area contributed by atoms with E-state index < -0.39 is 17.9 Å². The Kier molecular flexibility index (Phi) is 7.47. The molecule has 1 atom stereocenters. The summed E-state index contributed by atoms with van der Waals surface area (Å²) >= 11 is 0. The lowest BCUT2D eigenvalue weighted by Crippen LogP contribution is -2.44. The first-order valence-electron chi connectivity index (χ1n) is 12.6. The summed E-state index contributed by atoms with van der Waals surface area (Å²) in [6, 6.07) is 14.9. The van der Waals surface area contributed by atoms with E-state index in [1.165, 1.54) is 10.6 Å². The number of nitrogens with zero attached hydrogens (tertiary/aromatic N) is 5. The van der Waals surface area contributed by atoms with Crippen molar-refractivity contribution in [2.24, 2.45) is 5.73 Å². The standard InChI is InChI=1S/C28H28F2N6O3/c1-2-3-16-34-23-24(32-27(34)33-15-9-11-20(31)18-33)36(21-12-5-4-6-13-21)28(38)35(25(23)37)17-19-10-7-8-14-22(19)39-26(29)30/h4-8,10,12-14,20,26H,9,11,15-18,31H2,1H3/t20-/m1/s1. The van der Waals surface area contributed by atoms with E-state index in [1.807, 2.05) is 11.0 Å². The lowest BCUT2D eigenvalue weighted by Gasteiger charge is -2.31. The second kappa shape index (κ2) is 11.1. The summed E-state index contributed by atoms with van der Waals surface area (Å²) in [6.45, 7) is -0.227. The molecule has 3 heterocycles. The quantitative estimate of drug-likeness (QED) is 0.366. The maximum absolute atomic E-state index is 14.0. The summed E-state index contributed by atoms with van der Waals surface area (Å²) < 4.78 is 34.9. The van der Waals surface area contributed by atoms with Crippen LogP contribution >= 0.6 is 0 Å². The molecule has 2 aromatic carbocycles. The third-order valence-corrected chi connectivity index (χ3v) is 6.70. The molecule has 0 aliphatic carbocycles. The topological polar surface area (TPSA) is 100 Å². The van der Waals surface area contributed by atoms with Gasteiger partial charge < -0.3 is 15.4 Å². The predicted molar refractivity (Wildman–Crippen MR) is 145 cm³/mol. The first kappa shape index (κ1) is 26.2. The summed E-state index contributed by atoms with van der Waals surface area (Å²) in [6.07, 6.45) is 1.74. The summed E-state index contributed by atoms with van der Waals surface area (Å²) in [4.78, 5) is 34.8. The number of aromatic nitrogens is 4. The molecule has 39 heavy (non-hydrogen) atoms. The number of hydrogen-bond acceptors (Lipinski definition) is 6. The lowest BCUT2D eigenvalue weighted by molar-refractivity contribution is -0.0505. The van der Waals surface area contributed by atoms with Crippen LogP contribution in [0.4, 0.5) is 14.7 Å². The Morgan fingerprint density at radius 2 is 1.85 bits per heavy atom. The van der Waals surface area contributed by atoms with Gasteiger partial charge in [0.05, 0.1) is 18.8 Å². The van der Waals surface area contributed by atoms with Gasteiger partial charge in [0.1, 0.15) is 5.75 Å². The van der Waals surface area contributed by atoms with Crippen molar-refractivity contribution in [1.29, 1.82) is 0 Å². The van der Waals surface area contributed by atoms with E-state index in [9.17, 15) is 18.4 Å². The number of halogens is 2. The second-order valence-corrected chi connectivity index (χ2v) is 9.28. The third kappa shape index (κ3) is 5.15. The molecule has 202 valence electrons. The van der Waals surface area contributed by atoms with Crippen LogP contribution < -0.4 is 26.6 Å². The van der Waals surface area contributed by atoms with Gasteiger partial charge in [-0.2, -0.15) is 13.8 Å². The largest absolute Gasteiger partial charge is 0.434 e. The molecule has 5 rings (SSSR count). The van der Waals surface area contributed by atoms with Crippen LogP contribution in [-0.2, 0) is 13.1 Å². The first-order chi connectivity index (χ1) is 18.9. The molecule has 2 aromatic heterocycles. The Balaban J connectivity index is 1.80. The minimum atomic E-state index is -3.06. The number of ether oxygens (including phenoxy) is 1. The number of anilines is 1. The fourth-order valence-electron chi connectivity index (χ4n) is 4.93. The number of alkyl halides is 2. The second-order valence-electron chi connectivity index (χ2n) is 9.28. The van der Waals surface area contributed by atoms with Crippen molar-refractivity contribution >= 4 is 17.1 Å². The minimum Gasteiger partial charge on any atom is -0.434 e. The van der Waals surface area contributed by atoms with Crippen LogP contribution in [0, 0.1) is 11.8 Å². The molecule has 9 nitrogen and oxygen atoms in total. The fourth-order valence-corrected chi connectivity index (χ4v) is 4.93. The third-order valence-electron chi connectivity index (χ3n) is 6.70. The predicted octanol–water partition coefficient (Wildman–Crippen LogP) is 2.95. The number of benzene rings is 2. The molecule has 0 spiro atoms. The molecule has 0 unspecified atom stereocenters. The number of imidazole rings is 1. The van der Waals surface area contributed by atoms with E-state index in [1.54, 1.807) is 54.0 Å². The molecule has 0 saturated carbocycles. The van der Waals surface area contributed by atoms with Crippen molar-refractivity contribution in [3.8, 4) is 23.3 Å². The highest BCUT2D eigenvalue weighted by atomic mass is 19.3. The van der Waals surface area contributed by atoms with Gasteiger partial charge in [0.25, 0.3) is 5.56 Å². The molecule has 1 aliphatic heterocycles. The van der Waals surface area contributed by atoms with E-state index in [-0.39, 0.29) is 41.6 Å². The molecular weight excluding hydrogens is 506 g/mol. The summed E-state index contributed by atoms with van der Waals surface area (Å²) in [5.74, 6) is 6.26. The summed E-state index contributed by atoms with van der Waals surface area (Å²) in [7, 11) is 0. The molecule has 1 fully saturated rings. The number of fused-ring (bicyclic) bond motifs is 1. The van der Waals surface area contributed by atoms with Crippen LogP contribution in [0.3, 0.4) is 0 Å². The number of nitrogens with two attached hydrogens (primary N) is 1. The van der Waals surface area contributed by atoms with Crippen LogP contribution in [0.25, 0.3) is 16.9 Å². The fraction of sp³-hybridized carbons (Fsp3) is 0.321. The molecule has 0 radical (unpaired) electrons. The SMILES string of the molecule is CC#CCn1c(N2CCC[C@@H](N)C2)nc2c1c(=O)n(Cc1ccccc1OC(F)F)c(=O)n2-c1ccccc1. The number of para-hydroxylation sites is 2. The minimum absolute atomic E-state index is 0.0522. The highest BCUT2D eigenvalue weighted by Crippen LogP contribution is 2.25. The molecule has 1 aliphatic rings. The van der Waals surface area contributed by atoms with Gasteiger partial charge in [-0.1, -0.05) is 42.3 Å². The Morgan fingerprint density at radius 1 is 1.10 bits per heavy atom. The van der Waals surface area contributed by atoms with Gasteiger partial charge in [0.2, 0.25) is 5.95 Å². The first-order valence-corrected chi connectivity index (χ1v) is 12.6. The van der Waals surface area contributed by atoms with Crippen molar-refractivity contribution in [1.82, 2.24) is 18.7 Å². The van der Waals surface area contributed by atoms with Gasteiger partial charge in [-0.05, 0) is 38.0 Å². The molecule has 0 bridgehead atoms. The zero-order chi connectivity index (χ0) is 27.5. The van der Waals surface area contributed by atoms with Crippen molar-refractivity contribution in [2.45, 2.75) is 45.5 Å². The van der Waals surface area contributed by atoms with Gasteiger partial charge in [-0.15, -0.1) is 5.92 Å². The van der Waals surface area contributed by atoms with Crippen molar-refractivity contribution in [2.75, 3.05) is 18.0 Å². The van der Waals surface area contributed by atoms with E-state index in [4.69, 9.17) is 10.7 Å². The highest BCUT2D eigenvalue weighted by Gasteiger charge is 2.27. The van der Waals surface area contributed by atoms with Gasteiger partial charge in [-0.3, -0.25) is 13.9 Å². The van der Waals surface area contributed by atoms with E-state index in [0.29, 0.717) is 24.7 Å². The maximum atomic E-state index is 14.0. The Bertz CT molecular complexity index is 1670. The van der Waals surface area contributed by atoms with Crippen LogP contribution in [0.2, 0.25) is 0 Å². The van der Waals surface area contributed by atoms with Gasteiger partial charge in [0.15, 0.2) is 11.2 Å². The normalized spacial score (nSPS) is 15.4. The van der Waals surface area contributed by atoms with Crippen molar-refractivity contribution < 1.29 is 13.5 Å². The van der Waals surface area contributed by atoms with Gasteiger partial charge in [-0.25, -0.2) is 9.36 Å². The Morgan fingerprint density at radius 3 is 2.56 bits per heavy atom. The van der Waals surface area contributed by atoms with Crippen molar-refractivity contribution in [3.63, 3.8) is 0 Å². The van der Waals surface area contributed by atoms with Gasteiger partial charge >= 0.3 is 12.3 Å². The number of rotatable bonds is 7. The smallest absolute Gasteiger partial charge is 0.387 e. The average Bonchev–Trinajstić information content (AvgIpc) is 3.30. The van der Waals surface area contributed by atoms with Crippen LogP contribution in [0.5, 0.6) is 5.75 Å². The lowest BCUT2D eigenvalue weighted by atomic mass is 10.1. The molecular formula is C28H28F2N6O3. The zero-order valence-electron chi connectivity index (χ0n) is 21.4. The zero-order valence-corrected chi connectivity index (χ0v) is 21.4. The summed E-state index contributed by atoms with van der Waals surface area (Å²) in [5.41, 5.74) is 6.13. The van der Waals surface area contributed by atoms with E-state index in [2.05, 4.69) is 16.6 Å². The molecule has 4 aromatic rings. The number of piperidine rings is 1. The summed E-state index contributed by atoms with van der Waals surface area (Å²) in [5, 5.41) is 0. The maximum Gasteiger partial charge on any atom is 0.387 e. The van der Waals surface area contributed by atoms with Crippen LogP contribution in [-0.4, -0.2) is 44.4 Å². The van der Waals surface area contributed by atoms with E-state index >= 15 is 0 Å². The van der Waals surface area contributed by atoms with E-state index in [0.717, 1.165) is 17.4 Å². The van der Waals surface area contributed by atoms with Gasteiger partial charge in [0, 0.05) is 24.7 Å². The number of hydrogen-bond donors (Lipinski definition) is 1. The molecule has 0 amide bonds. The van der Waals surface area contributed by atoms with Crippen LogP contribution in [0.1, 0.15) is 25.3 Å². The highest BCUT2D eigenvalue weighted by molar-refractivity contribution is 5.77. The Hall–Kier alpha value is -4.43. The average molecular weight is 535 g/mol. The monoisotopic (exact) mass is 534 g/mol. The van der Waals surface area contributed by atoms with Crippen molar-refractivity contribution in [3.05, 3.63) is 81.0 Å². The Labute approximate surface area is 223 Å². The molecule has 1 saturated heterocycles. The van der Waals surface area contributed by atoms with Crippen LogP contribution in [0.15, 0.2) is 64.2 Å². The molecule has 2 N–H and O–H groups in total. The molecule has 11 heteroatoms.